The van der Waals surface area contributed by atoms with Crippen molar-refractivity contribution < 1.29 is 5.11 Å². The van der Waals surface area contributed by atoms with E-state index in [1.54, 1.807) is 23.5 Å². The van der Waals surface area contributed by atoms with Gasteiger partial charge in [-0.1, -0.05) is 37.3 Å². The summed E-state index contributed by atoms with van der Waals surface area (Å²) in [6.07, 6.45) is 0.965. The van der Waals surface area contributed by atoms with E-state index in [-0.39, 0.29) is 11.8 Å². The van der Waals surface area contributed by atoms with Gasteiger partial charge in [-0.15, -0.1) is 10.2 Å². The number of aromatic nitrogens is 2. The second kappa shape index (κ2) is 6.02. The Hall–Kier alpha value is -1.62. The molecule has 0 aliphatic rings. The number of benzene rings is 1. The lowest BCUT2D eigenvalue weighted by Gasteiger charge is -2.12. The van der Waals surface area contributed by atoms with Crippen LogP contribution in [0.15, 0.2) is 24.3 Å². The van der Waals surface area contributed by atoms with Gasteiger partial charge in [0.2, 0.25) is 5.13 Å². The highest BCUT2D eigenvalue weighted by molar-refractivity contribution is 7.15. The van der Waals surface area contributed by atoms with Crippen molar-refractivity contribution in [1.29, 1.82) is 0 Å². The maximum absolute atomic E-state index is 9.27. The molecule has 1 heterocycles. The minimum atomic E-state index is 0.139. The number of nitrogens with zero attached hydrogens (tertiary/aromatic N) is 2. The molecule has 102 valence electrons. The Morgan fingerprint density at radius 1 is 1.16 bits per heavy atom. The van der Waals surface area contributed by atoms with Crippen LogP contribution in [0, 0.1) is 5.92 Å². The first kappa shape index (κ1) is 13.8. The molecule has 1 unspecified atom stereocenters. The molecule has 0 fully saturated rings. The van der Waals surface area contributed by atoms with Gasteiger partial charge in [0.05, 0.1) is 6.04 Å². The highest BCUT2D eigenvalue weighted by Gasteiger charge is 2.10. The molecule has 0 saturated heterocycles. The Bertz CT molecular complexity index is 522. The molecule has 2 N–H and O–H groups in total. The van der Waals surface area contributed by atoms with Crippen LogP contribution in [-0.4, -0.2) is 15.3 Å². The zero-order valence-corrected chi connectivity index (χ0v) is 12.2. The lowest BCUT2D eigenvalue weighted by Crippen LogP contribution is -2.05. The molecule has 4 nitrogen and oxygen atoms in total. The van der Waals surface area contributed by atoms with E-state index in [4.69, 9.17) is 0 Å². The first-order valence-electron chi connectivity index (χ1n) is 6.42. The van der Waals surface area contributed by atoms with Crippen LogP contribution in [0.3, 0.4) is 0 Å². The van der Waals surface area contributed by atoms with E-state index >= 15 is 0 Å². The van der Waals surface area contributed by atoms with Crippen LogP contribution < -0.4 is 5.32 Å². The van der Waals surface area contributed by atoms with Crippen LogP contribution in [-0.2, 0) is 6.42 Å². The average molecular weight is 277 g/mol. The van der Waals surface area contributed by atoms with Gasteiger partial charge in [-0.3, -0.25) is 0 Å². The highest BCUT2D eigenvalue weighted by atomic mass is 32.1. The minimum absolute atomic E-state index is 0.139. The number of anilines is 1. The van der Waals surface area contributed by atoms with Crippen molar-refractivity contribution in [2.45, 2.75) is 33.2 Å². The summed E-state index contributed by atoms with van der Waals surface area (Å²) in [5.74, 6) is 0.876. The average Bonchev–Trinajstić information content (AvgIpc) is 2.76. The molecule has 5 heteroatoms. The Labute approximate surface area is 117 Å². The topological polar surface area (TPSA) is 58.0 Å². The van der Waals surface area contributed by atoms with Crippen molar-refractivity contribution >= 4 is 16.5 Å². The van der Waals surface area contributed by atoms with Crippen molar-refractivity contribution in [3.8, 4) is 5.75 Å². The Morgan fingerprint density at radius 3 is 2.47 bits per heavy atom. The molecule has 0 bridgehead atoms. The van der Waals surface area contributed by atoms with E-state index in [1.165, 1.54) is 0 Å². The lowest BCUT2D eigenvalue weighted by molar-refractivity contribution is 0.475. The van der Waals surface area contributed by atoms with Gasteiger partial charge >= 0.3 is 0 Å². The van der Waals surface area contributed by atoms with Crippen LogP contribution in [0.1, 0.15) is 37.4 Å². The molecule has 19 heavy (non-hydrogen) atoms. The molecular formula is C14H19N3OS. The maximum Gasteiger partial charge on any atom is 0.206 e. The largest absolute Gasteiger partial charge is 0.508 e. The fraction of sp³-hybridized carbons (Fsp3) is 0.429. The standard InChI is InChI=1S/C14H19N3OS/c1-9(2)8-13-16-17-14(19-13)15-10(3)11-4-6-12(18)7-5-11/h4-7,9-10,18H,8H2,1-3H3,(H,15,17). The van der Waals surface area contributed by atoms with Crippen molar-refractivity contribution in [3.05, 3.63) is 34.8 Å². The summed E-state index contributed by atoms with van der Waals surface area (Å²) in [7, 11) is 0. The predicted octanol–water partition coefficient (Wildman–Crippen LogP) is 3.62. The first-order valence-corrected chi connectivity index (χ1v) is 7.24. The number of nitrogens with one attached hydrogen (secondary N) is 1. The van der Waals surface area contributed by atoms with Crippen molar-refractivity contribution in [2.24, 2.45) is 5.92 Å². The number of phenols is 1. The summed E-state index contributed by atoms with van der Waals surface area (Å²) in [6, 6.07) is 7.34. The number of hydrogen-bond donors (Lipinski definition) is 2. The third-order valence-electron chi connectivity index (χ3n) is 2.78. The summed E-state index contributed by atoms with van der Waals surface area (Å²) in [5.41, 5.74) is 1.11. The van der Waals surface area contributed by atoms with Crippen molar-refractivity contribution in [2.75, 3.05) is 5.32 Å². The van der Waals surface area contributed by atoms with E-state index < -0.39 is 0 Å². The van der Waals surface area contributed by atoms with Crippen molar-refractivity contribution in [3.63, 3.8) is 0 Å². The SMILES string of the molecule is CC(C)Cc1nnc(NC(C)c2ccc(O)cc2)s1. The normalized spacial score (nSPS) is 12.6. The van der Waals surface area contributed by atoms with Gasteiger partial charge in [-0.05, 0) is 30.5 Å². The summed E-state index contributed by atoms with van der Waals surface area (Å²) in [6.45, 7) is 6.41. The van der Waals surface area contributed by atoms with Gasteiger partial charge in [0, 0.05) is 6.42 Å². The minimum Gasteiger partial charge on any atom is -0.508 e. The van der Waals surface area contributed by atoms with Crippen LogP contribution in [0.4, 0.5) is 5.13 Å². The van der Waals surface area contributed by atoms with Crippen LogP contribution in [0.2, 0.25) is 0 Å². The molecule has 2 rings (SSSR count). The third kappa shape index (κ3) is 3.92. The van der Waals surface area contributed by atoms with E-state index in [2.05, 4.69) is 36.3 Å². The fourth-order valence-electron chi connectivity index (χ4n) is 1.78. The molecule has 0 aliphatic heterocycles. The molecule has 0 amide bonds. The quantitative estimate of drug-likeness (QED) is 0.876. The number of phenolic OH excluding ortho intramolecular Hbond substituents is 1. The molecule has 1 aromatic heterocycles. The second-order valence-electron chi connectivity index (χ2n) is 5.06. The van der Waals surface area contributed by atoms with Crippen molar-refractivity contribution in [1.82, 2.24) is 10.2 Å². The smallest absolute Gasteiger partial charge is 0.206 e. The molecule has 1 atom stereocenters. The molecule has 0 aliphatic carbocycles. The third-order valence-corrected chi connectivity index (χ3v) is 3.66. The first-order chi connectivity index (χ1) is 9.04. The summed E-state index contributed by atoms with van der Waals surface area (Å²) in [5, 5.41) is 22.9. The molecular weight excluding hydrogens is 258 g/mol. The van der Waals surface area contributed by atoms with Crippen LogP contribution in [0.25, 0.3) is 0 Å². The molecule has 2 aromatic rings. The van der Waals surface area contributed by atoms with Gasteiger partial charge in [-0.2, -0.15) is 0 Å². The monoisotopic (exact) mass is 277 g/mol. The summed E-state index contributed by atoms with van der Waals surface area (Å²) >= 11 is 1.60. The number of rotatable bonds is 5. The van der Waals surface area contributed by atoms with Gasteiger partial charge in [0.1, 0.15) is 10.8 Å². The van der Waals surface area contributed by atoms with Crippen LogP contribution in [0.5, 0.6) is 5.75 Å². The molecule has 0 radical (unpaired) electrons. The number of hydrogen-bond acceptors (Lipinski definition) is 5. The highest BCUT2D eigenvalue weighted by Crippen LogP contribution is 2.24. The van der Waals surface area contributed by atoms with E-state index in [1.807, 2.05) is 12.1 Å². The zero-order valence-electron chi connectivity index (χ0n) is 11.4. The number of aromatic hydroxyl groups is 1. The van der Waals surface area contributed by atoms with Crippen LogP contribution >= 0.6 is 11.3 Å². The zero-order chi connectivity index (χ0) is 13.8. The van der Waals surface area contributed by atoms with Gasteiger partial charge in [-0.25, -0.2) is 0 Å². The Balaban J connectivity index is 2.00. The van der Waals surface area contributed by atoms with E-state index in [0.29, 0.717) is 5.92 Å². The Kier molecular flexibility index (Phi) is 4.37. The predicted molar refractivity (Wildman–Crippen MR) is 78.6 cm³/mol. The van der Waals surface area contributed by atoms with Gasteiger partial charge in [0.15, 0.2) is 0 Å². The molecule has 0 saturated carbocycles. The van der Waals surface area contributed by atoms with E-state index in [9.17, 15) is 5.11 Å². The molecule has 1 aromatic carbocycles. The summed E-state index contributed by atoms with van der Waals surface area (Å²) in [4.78, 5) is 0. The van der Waals surface area contributed by atoms with E-state index in [0.717, 1.165) is 22.1 Å². The Morgan fingerprint density at radius 2 is 1.84 bits per heavy atom. The van der Waals surface area contributed by atoms with Gasteiger partial charge < -0.3 is 10.4 Å². The second-order valence-corrected chi connectivity index (χ2v) is 6.12. The summed E-state index contributed by atoms with van der Waals surface area (Å²) < 4.78 is 0. The maximum atomic E-state index is 9.27. The molecule has 0 spiro atoms. The van der Waals surface area contributed by atoms with Gasteiger partial charge in [0.25, 0.3) is 0 Å². The lowest BCUT2D eigenvalue weighted by atomic mass is 10.1. The fourth-order valence-corrected chi connectivity index (χ4v) is 2.81.